The number of urea groups is 1. The van der Waals surface area contributed by atoms with E-state index >= 15 is 0 Å². The fraction of sp³-hybridized carbons (Fsp3) is 0.857. The molecule has 0 atom stereocenters. The third-order valence-electron chi connectivity index (χ3n) is 4.27. The number of carboxylic acids is 1. The normalized spacial score (nSPS) is 22.1. The van der Waals surface area contributed by atoms with Gasteiger partial charge in [-0.25, -0.2) is 4.79 Å². The average Bonchev–Trinajstić information content (AvgIpc) is 2.69. The van der Waals surface area contributed by atoms with E-state index in [2.05, 4.69) is 16.8 Å². The van der Waals surface area contributed by atoms with E-state index in [4.69, 9.17) is 5.11 Å². The van der Waals surface area contributed by atoms with Gasteiger partial charge < -0.3 is 19.8 Å². The maximum Gasteiger partial charge on any atom is 0.320 e. The van der Waals surface area contributed by atoms with E-state index in [0.717, 1.165) is 45.7 Å². The second kappa shape index (κ2) is 7.61. The molecule has 7 heteroatoms. The Balaban J connectivity index is 1.76. The lowest BCUT2D eigenvalue weighted by molar-refractivity contribution is -0.137. The summed E-state index contributed by atoms with van der Waals surface area (Å²) in [4.78, 5) is 31.3. The van der Waals surface area contributed by atoms with E-state index in [0.29, 0.717) is 19.6 Å². The molecule has 2 rings (SSSR count). The second-order valence-electron chi connectivity index (χ2n) is 5.90. The standard InChI is InChI=1S/C14H26N4O3/c1-15-4-2-5-17(10-7-15)14(21)18-11-8-16(9-12-18)6-3-13(19)20/h2-12H2,1H3,(H,19,20). The number of carboxylic acid groups (broad SMARTS) is 1. The van der Waals surface area contributed by atoms with Gasteiger partial charge in [0, 0.05) is 52.4 Å². The van der Waals surface area contributed by atoms with Crippen LogP contribution in [0, 0.1) is 0 Å². The molecule has 21 heavy (non-hydrogen) atoms. The van der Waals surface area contributed by atoms with Gasteiger partial charge in [0.25, 0.3) is 0 Å². The molecule has 0 aromatic heterocycles. The van der Waals surface area contributed by atoms with Crippen LogP contribution in [0.3, 0.4) is 0 Å². The molecule has 1 N–H and O–H groups in total. The molecular weight excluding hydrogens is 272 g/mol. The van der Waals surface area contributed by atoms with Crippen LogP contribution in [-0.2, 0) is 4.79 Å². The Morgan fingerprint density at radius 3 is 2.19 bits per heavy atom. The Labute approximate surface area is 126 Å². The predicted octanol–water partition coefficient (Wildman–Crippen LogP) is -0.164. The van der Waals surface area contributed by atoms with E-state index in [1.165, 1.54) is 0 Å². The van der Waals surface area contributed by atoms with Gasteiger partial charge in [0.2, 0.25) is 0 Å². The first-order valence-corrected chi connectivity index (χ1v) is 7.73. The van der Waals surface area contributed by atoms with E-state index in [9.17, 15) is 9.59 Å². The van der Waals surface area contributed by atoms with Crippen molar-refractivity contribution in [3.05, 3.63) is 0 Å². The highest BCUT2D eigenvalue weighted by Gasteiger charge is 2.26. The van der Waals surface area contributed by atoms with Gasteiger partial charge in [-0.05, 0) is 20.0 Å². The lowest BCUT2D eigenvalue weighted by Crippen LogP contribution is -2.53. The van der Waals surface area contributed by atoms with Crippen LogP contribution in [-0.4, -0.2) is 103 Å². The number of nitrogens with zero attached hydrogens (tertiary/aromatic N) is 4. The molecule has 0 aliphatic carbocycles. The van der Waals surface area contributed by atoms with Crippen molar-refractivity contribution in [1.82, 2.24) is 19.6 Å². The minimum Gasteiger partial charge on any atom is -0.481 e. The molecule has 7 nitrogen and oxygen atoms in total. The minimum atomic E-state index is -0.762. The SMILES string of the molecule is CN1CCCN(C(=O)N2CCN(CCC(=O)O)CC2)CC1. The van der Waals surface area contributed by atoms with Crippen LogP contribution in [0.2, 0.25) is 0 Å². The minimum absolute atomic E-state index is 0.142. The fourth-order valence-corrected chi connectivity index (χ4v) is 2.85. The van der Waals surface area contributed by atoms with Crippen molar-refractivity contribution < 1.29 is 14.7 Å². The number of piperazine rings is 1. The van der Waals surface area contributed by atoms with Crippen molar-refractivity contribution in [3.8, 4) is 0 Å². The van der Waals surface area contributed by atoms with Crippen molar-refractivity contribution in [1.29, 1.82) is 0 Å². The smallest absolute Gasteiger partial charge is 0.320 e. The second-order valence-corrected chi connectivity index (χ2v) is 5.90. The van der Waals surface area contributed by atoms with E-state index in [-0.39, 0.29) is 12.5 Å². The van der Waals surface area contributed by atoms with Crippen molar-refractivity contribution >= 4 is 12.0 Å². The number of rotatable bonds is 3. The van der Waals surface area contributed by atoms with E-state index in [1.807, 2.05) is 9.80 Å². The summed E-state index contributed by atoms with van der Waals surface area (Å²) in [7, 11) is 2.09. The molecule has 0 bridgehead atoms. The van der Waals surface area contributed by atoms with Crippen LogP contribution in [0.15, 0.2) is 0 Å². The summed E-state index contributed by atoms with van der Waals surface area (Å²) < 4.78 is 0. The van der Waals surface area contributed by atoms with Crippen LogP contribution in [0.1, 0.15) is 12.8 Å². The first-order chi connectivity index (χ1) is 10.1. The highest BCUT2D eigenvalue weighted by Crippen LogP contribution is 2.09. The van der Waals surface area contributed by atoms with Crippen LogP contribution < -0.4 is 0 Å². The van der Waals surface area contributed by atoms with E-state index < -0.39 is 5.97 Å². The summed E-state index contributed by atoms with van der Waals surface area (Å²) in [5.74, 6) is -0.762. The molecule has 120 valence electrons. The summed E-state index contributed by atoms with van der Waals surface area (Å²) in [5, 5.41) is 8.70. The van der Waals surface area contributed by atoms with Crippen molar-refractivity contribution in [2.75, 3.05) is 66.0 Å². The zero-order valence-corrected chi connectivity index (χ0v) is 12.8. The van der Waals surface area contributed by atoms with Crippen molar-refractivity contribution in [3.63, 3.8) is 0 Å². The lowest BCUT2D eigenvalue weighted by atomic mass is 10.3. The van der Waals surface area contributed by atoms with Gasteiger partial charge in [0.1, 0.15) is 0 Å². The lowest BCUT2D eigenvalue weighted by Gasteiger charge is -2.37. The van der Waals surface area contributed by atoms with Crippen LogP contribution in [0.5, 0.6) is 0 Å². The molecule has 0 spiro atoms. The molecule has 0 aromatic carbocycles. The molecule has 2 aliphatic heterocycles. The van der Waals surface area contributed by atoms with Crippen molar-refractivity contribution in [2.45, 2.75) is 12.8 Å². The van der Waals surface area contributed by atoms with Gasteiger partial charge in [-0.2, -0.15) is 0 Å². The van der Waals surface area contributed by atoms with Crippen LogP contribution in [0.25, 0.3) is 0 Å². The Morgan fingerprint density at radius 2 is 1.52 bits per heavy atom. The molecule has 2 aliphatic rings. The van der Waals surface area contributed by atoms with Gasteiger partial charge in [-0.15, -0.1) is 0 Å². The highest BCUT2D eigenvalue weighted by molar-refractivity contribution is 5.74. The molecule has 0 saturated carbocycles. The number of carbonyl (C=O) groups is 2. The predicted molar refractivity (Wildman–Crippen MR) is 79.3 cm³/mol. The Bertz CT molecular complexity index is 369. The molecule has 2 amide bonds. The van der Waals surface area contributed by atoms with Crippen LogP contribution >= 0.6 is 0 Å². The largest absolute Gasteiger partial charge is 0.481 e. The first-order valence-electron chi connectivity index (χ1n) is 7.73. The molecule has 2 saturated heterocycles. The third-order valence-corrected chi connectivity index (χ3v) is 4.27. The summed E-state index contributed by atoms with van der Waals surface area (Å²) in [5.41, 5.74) is 0. The highest BCUT2D eigenvalue weighted by atomic mass is 16.4. The number of hydrogen-bond acceptors (Lipinski definition) is 4. The Morgan fingerprint density at radius 1 is 0.905 bits per heavy atom. The zero-order valence-electron chi connectivity index (χ0n) is 12.8. The number of hydrogen-bond donors (Lipinski definition) is 1. The summed E-state index contributed by atoms with van der Waals surface area (Å²) in [6, 6.07) is 0.142. The molecule has 0 aromatic rings. The van der Waals surface area contributed by atoms with Crippen molar-refractivity contribution in [2.24, 2.45) is 0 Å². The third kappa shape index (κ3) is 4.86. The number of aliphatic carboxylic acids is 1. The quantitative estimate of drug-likeness (QED) is 0.784. The summed E-state index contributed by atoms with van der Waals surface area (Å²) in [6.07, 6.45) is 1.20. The first kappa shape index (κ1) is 16.0. The maximum atomic E-state index is 12.5. The molecule has 2 heterocycles. The Kier molecular flexibility index (Phi) is 5.81. The summed E-state index contributed by atoms with van der Waals surface area (Å²) in [6.45, 7) is 7.13. The fourth-order valence-electron chi connectivity index (χ4n) is 2.85. The van der Waals surface area contributed by atoms with E-state index in [1.54, 1.807) is 0 Å². The monoisotopic (exact) mass is 298 g/mol. The van der Waals surface area contributed by atoms with Gasteiger partial charge in [0.05, 0.1) is 6.42 Å². The Hall–Kier alpha value is -1.34. The summed E-state index contributed by atoms with van der Waals surface area (Å²) >= 11 is 0. The van der Waals surface area contributed by atoms with Gasteiger partial charge in [0.15, 0.2) is 0 Å². The molecule has 0 radical (unpaired) electrons. The zero-order chi connectivity index (χ0) is 15.2. The average molecular weight is 298 g/mol. The maximum absolute atomic E-state index is 12.5. The number of amides is 2. The van der Waals surface area contributed by atoms with Gasteiger partial charge in [-0.3, -0.25) is 9.69 Å². The molecule has 0 unspecified atom stereocenters. The number of likely N-dealkylation sites (N-methyl/N-ethyl adjacent to an activating group) is 1. The molecule has 2 fully saturated rings. The topological polar surface area (TPSA) is 67.3 Å². The van der Waals surface area contributed by atoms with Gasteiger partial charge in [-0.1, -0.05) is 0 Å². The van der Waals surface area contributed by atoms with Gasteiger partial charge >= 0.3 is 12.0 Å². The number of carbonyl (C=O) groups excluding carboxylic acids is 1. The molecular formula is C14H26N4O3. The van der Waals surface area contributed by atoms with Crippen LogP contribution in [0.4, 0.5) is 4.79 Å².